The Morgan fingerprint density at radius 1 is 1.26 bits per heavy atom. The van der Waals surface area contributed by atoms with Gasteiger partial charge in [0.05, 0.1) is 6.04 Å². The molecule has 2 N–H and O–H groups in total. The third-order valence-electron chi connectivity index (χ3n) is 4.60. The quantitative estimate of drug-likeness (QED) is 0.868. The van der Waals surface area contributed by atoms with Gasteiger partial charge in [-0.1, -0.05) is 6.07 Å². The molecular formula is C17H17BrN4O. The Morgan fingerprint density at radius 3 is 2.91 bits per heavy atom. The van der Waals surface area contributed by atoms with Gasteiger partial charge >= 0.3 is 0 Å². The first-order chi connectivity index (χ1) is 11.2. The van der Waals surface area contributed by atoms with Crippen LogP contribution in [0.25, 0.3) is 0 Å². The number of pyridine rings is 2. The maximum atomic E-state index is 12.2. The van der Waals surface area contributed by atoms with E-state index in [-0.39, 0.29) is 11.9 Å². The number of nitrogens with one attached hydrogen (secondary N) is 2. The second-order valence-corrected chi connectivity index (χ2v) is 7.11. The molecule has 1 aliphatic heterocycles. The highest BCUT2D eigenvalue weighted by molar-refractivity contribution is 9.10. The van der Waals surface area contributed by atoms with Crippen molar-refractivity contribution in [1.29, 1.82) is 0 Å². The van der Waals surface area contributed by atoms with E-state index >= 15 is 0 Å². The Hall–Kier alpha value is -1.79. The first-order valence-corrected chi connectivity index (χ1v) is 8.60. The average molecular weight is 373 g/mol. The van der Waals surface area contributed by atoms with Crippen molar-refractivity contribution < 1.29 is 4.79 Å². The van der Waals surface area contributed by atoms with Gasteiger partial charge in [-0.25, -0.2) is 4.98 Å². The Labute approximate surface area is 143 Å². The van der Waals surface area contributed by atoms with Gasteiger partial charge in [0, 0.05) is 40.9 Å². The standard InChI is InChI=1S/C17H17BrN4O/c18-12-5-11-8-15(17(23)22-16(11)20-9-12)21-13-6-10(7-13)14-3-1-2-4-19-14/h1-5,9-10,13,15,21H,6-8H2,(H,20,22,23). The fraction of sp³-hybridized carbons (Fsp3) is 0.353. The molecule has 0 spiro atoms. The summed E-state index contributed by atoms with van der Waals surface area (Å²) in [5, 5.41) is 6.37. The topological polar surface area (TPSA) is 66.9 Å². The third-order valence-corrected chi connectivity index (χ3v) is 5.03. The Balaban J connectivity index is 1.38. The SMILES string of the molecule is O=C1Nc2ncc(Br)cc2CC1NC1CC(c2ccccn2)C1. The molecule has 0 saturated heterocycles. The zero-order valence-electron chi connectivity index (χ0n) is 12.5. The van der Waals surface area contributed by atoms with Crippen molar-refractivity contribution in [2.45, 2.75) is 37.3 Å². The maximum Gasteiger partial charge on any atom is 0.243 e. The van der Waals surface area contributed by atoms with E-state index in [2.05, 4.69) is 42.6 Å². The molecule has 0 bridgehead atoms. The summed E-state index contributed by atoms with van der Waals surface area (Å²) in [6.45, 7) is 0. The molecule has 0 radical (unpaired) electrons. The van der Waals surface area contributed by atoms with Crippen molar-refractivity contribution in [2.24, 2.45) is 0 Å². The van der Waals surface area contributed by atoms with Gasteiger partial charge in [0.25, 0.3) is 0 Å². The molecule has 1 aliphatic carbocycles. The van der Waals surface area contributed by atoms with E-state index in [1.807, 2.05) is 24.4 Å². The minimum absolute atomic E-state index is 0.00797. The number of carbonyl (C=O) groups is 1. The van der Waals surface area contributed by atoms with Gasteiger partial charge in [-0.3, -0.25) is 9.78 Å². The first-order valence-electron chi connectivity index (χ1n) is 7.81. The largest absolute Gasteiger partial charge is 0.309 e. The highest BCUT2D eigenvalue weighted by atomic mass is 79.9. The van der Waals surface area contributed by atoms with Crippen molar-refractivity contribution in [3.63, 3.8) is 0 Å². The number of fused-ring (bicyclic) bond motifs is 1. The van der Waals surface area contributed by atoms with Crippen LogP contribution in [0, 0.1) is 0 Å². The molecule has 2 aliphatic rings. The predicted molar refractivity (Wildman–Crippen MR) is 91.2 cm³/mol. The molecule has 2 aromatic heterocycles. The Morgan fingerprint density at radius 2 is 2.13 bits per heavy atom. The summed E-state index contributed by atoms with van der Waals surface area (Å²) in [6.07, 6.45) is 6.29. The molecule has 1 saturated carbocycles. The normalized spacial score (nSPS) is 26.1. The number of nitrogens with zero attached hydrogens (tertiary/aromatic N) is 2. The van der Waals surface area contributed by atoms with Crippen LogP contribution in [-0.4, -0.2) is 28.0 Å². The van der Waals surface area contributed by atoms with Gasteiger partial charge in [0.15, 0.2) is 0 Å². The second-order valence-electron chi connectivity index (χ2n) is 6.19. The number of halogens is 1. The molecule has 4 rings (SSSR count). The van der Waals surface area contributed by atoms with E-state index in [0.717, 1.165) is 28.6 Å². The van der Waals surface area contributed by atoms with Crippen LogP contribution < -0.4 is 10.6 Å². The van der Waals surface area contributed by atoms with Crippen molar-refractivity contribution >= 4 is 27.7 Å². The Bertz CT molecular complexity index is 731. The molecule has 3 heterocycles. The third kappa shape index (κ3) is 3.01. The molecular weight excluding hydrogens is 356 g/mol. The second kappa shape index (κ2) is 6.02. The molecule has 1 fully saturated rings. The molecule has 1 unspecified atom stereocenters. The van der Waals surface area contributed by atoms with Crippen LogP contribution in [-0.2, 0) is 11.2 Å². The summed E-state index contributed by atoms with van der Waals surface area (Å²) < 4.78 is 0.935. The number of aromatic nitrogens is 2. The molecule has 1 amide bonds. The van der Waals surface area contributed by atoms with E-state index in [1.165, 1.54) is 0 Å². The molecule has 1 atom stereocenters. The lowest BCUT2D eigenvalue weighted by Crippen LogP contribution is -2.53. The van der Waals surface area contributed by atoms with Gasteiger partial charge in [-0.2, -0.15) is 0 Å². The number of carbonyl (C=O) groups excluding carboxylic acids is 1. The number of anilines is 1. The minimum Gasteiger partial charge on any atom is -0.309 e. The van der Waals surface area contributed by atoms with Crippen molar-refractivity contribution in [3.05, 3.63) is 52.4 Å². The van der Waals surface area contributed by atoms with Crippen LogP contribution in [0.15, 0.2) is 41.1 Å². The number of hydrogen-bond acceptors (Lipinski definition) is 4. The molecule has 5 nitrogen and oxygen atoms in total. The lowest BCUT2D eigenvalue weighted by atomic mass is 9.77. The maximum absolute atomic E-state index is 12.2. The van der Waals surface area contributed by atoms with Crippen LogP contribution in [0.4, 0.5) is 5.82 Å². The fourth-order valence-corrected chi connectivity index (χ4v) is 3.68. The van der Waals surface area contributed by atoms with Gasteiger partial charge in [-0.05, 0) is 52.5 Å². The molecule has 118 valence electrons. The molecule has 0 aromatic carbocycles. The number of hydrogen-bond donors (Lipinski definition) is 2. The first kappa shape index (κ1) is 14.8. The fourth-order valence-electron chi connectivity index (χ4n) is 3.30. The zero-order valence-corrected chi connectivity index (χ0v) is 14.1. The molecule has 6 heteroatoms. The molecule has 2 aromatic rings. The van der Waals surface area contributed by atoms with E-state index in [0.29, 0.717) is 24.2 Å². The van der Waals surface area contributed by atoms with E-state index in [4.69, 9.17) is 0 Å². The predicted octanol–water partition coefficient (Wildman–Crippen LogP) is 2.64. The van der Waals surface area contributed by atoms with Crippen LogP contribution in [0.1, 0.15) is 30.0 Å². The monoisotopic (exact) mass is 372 g/mol. The zero-order chi connectivity index (χ0) is 15.8. The van der Waals surface area contributed by atoms with Crippen molar-refractivity contribution in [1.82, 2.24) is 15.3 Å². The lowest BCUT2D eigenvalue weighted by molar-refractivity contribution is -0.118. The van der Waals surface area contributed by atoms with Crippen LogP contribution in [0.3, 0.4) is 0 Å². The van der Waals surface area contributed by atoms with Gasteiger partial charge in [0.1, 0.15) is 5.82 Å². The summed E-state index contributed by atoms with van der Waals surface area (Å²) in [7, 11) is 0. The lowest BCUT2D eigenvalue weighted by Gasteiger charge is -2.38. The van der Waals surface area contributed by atoms with Crippen molar-refractivity contribution in [2.75, 3.05) is 5.32 Å². The minimum atomic E-state index is -0.187. The summed E-state index contributed by atoms with van der Waals surface area (Å²) >= 11 is 3.43. The van der Waals surface area contributed by atoms with Gasteiger partial charge in [0.2, 0.25) is 5.91 Å². The van der Waals surface area contributed by atoms with Gasteiger partial charge in [-0.15, -0.1) is 0 Å². The van der Waals surface area contributed by atoms with Gasteiger partial charge < -0.3 is 10.6 Å². The van der Waals surface area contributed by atoms with Crippen molar-refractivity contribution in [3.8, 4) is 0 Å². The smallest absolute Gasteiger partial charge is 0.243 e. The van der Waals surface area contributed by atoms with Crippen LogP contribution in [0.5, 0.6) is 0 Å². The number of rotatable bonds is 3. The van der Waals surface area contributed by atoms with E-state index in [1.54, 1.807) is 6.20 Å². The van der Waals surface area contributed by atoms with Crippen LogP contribution in [0.2, 0.25) is 0 Å². The van der Waals surface area contributed by atoms with Crippen LogP contribution >= 0.6 is 15.9 Å². The average Bonchev–Trinajstić information content (AvgIpc) is 2.52. The van der Waals surface area contributed by atoms with E-state index < -0.39 is 0 Å². The summed E-state index contributed by atoms with van der Waals surface area (Å²) in [5.74, 6) is 1.19. The highest BCUT2D eigenvalue weighted by Crippen LogP contribution is 2.36. The number of amides is 1. The Kier molecular flexibility index (Phi) is 3.87. The molecule has 23 heavy (non-hydrogen) atoms. The summed E-state index contributed by atoms with van der Waals surface area (Å²) in [5.41, 5.74) is 2.22. The summed E-state index contributed by atoms with van der Waals surface area (Å²) in [4.78, 5) is 20.9. The highest BCUT2D eigenvalue weighted by Gasteiger charge is 2.35. The van der Waals surface area contributed by atoms with E-state index in [9.17, 15) is 4.79 Å². The summed E-state index contributed by atoms with van der Waals surface area (Å²) in [6, 6.07) is 8.25.